The topological polar surface area (TPSA) is 56.7 Å². The van der Waals surface area contributed by atoms with Crippen molar-refractivity contribution in [2.75, 3.05) is 0 Å². The first-order valence-electron chi connectivity index (χ1n) is 6.17. The van der Waals surface area contributed by atoms with E-state index >= 15 is 0 Å². The van der Waals surface area contributed by atoms with Crippen molar-refractivity contribution in [1.29, 1.82) is 0 Å². The van der Waals surface area contributed by atoms with Crippen LogP contribution in [0.25, 0.3) is 5.69 Å². The average molecular weight is 315 g/mol. The van der Waals surface area contributed by atoms with Gasteiger partial charge in [0.25, 0.3) is 0 Å². The average Bonchev–Trinajstić information content (AvgIpc) is 2.77. The minimum atomic E-state index is -0.456. The second-order valence-electron chi connectivity index (χ2n) is 5.82. The number of hydrogen-bond donors (Lipinski definition) is 1. The third kappa shape index (κ3) is 1.77. The van der Waals surface area contributed by atoms with Crippen LogP contribution in [-0.4, -0.2) is 20.5 Å². The van der Waals surface area contributed by atoms with Crippen molar-refractivity contribution in [3.63, 3.8) is 0 Å². The molecule has 7 heteroatoms. The molecule has 2 aromatic rings. The minimum Gasteiger partial charge on any atom is -0.325 e. The summed E-state index contributed by atoms with van der Waals surface area (Å²) in [6.07, 6.45) is 4.80. The molecule has 1 heterocycles. The van der Waals surface area contributed by atoms with E-state index in [4.69, 9.17) is 17.3 Å². The molecule has 106 valence electrons. The van der Waals surface area contributed by atoms with Gasteiger partial charge in [0.1, 0.15) is 5.82 Å². The van der Waals surface area contributed by atoms with Crippen molar-refractivity contribution in [2.24, 2.45) is 5.73 Å². The maximum Gasteiger partial charge on any atom is 0.143 e. The molecule has 3 aliphatic rings. The molecule has 0 spiro atoms. The fraction of sp³-hybridized carbons (Fsp3) is 0.385. The number of benzene rings is 1. The Balaban J connectivity index is 0.00000121. The van der Waals surface area contributed by atoms with Gasteiger partial charge in [-0.1, -0.05) is 16.8 Å². The summed E-state index contributed by atoms with van der Waals surface area (Å²) in [6.45, 7) is 0. The lowest BCUT2D eigenvalue weighted by molar-refractivity contribution is -0.0620. The number of rotatable bonds is 2. The van der Waals surface area contributed by atoms with Crippen LogP contribution in [0.2, 0.25) is 5.02 Å². The van der Waals surface area contributed by atoms with Crippen molar-refractivity contribution in [3.05, 3.63) is 40.9 Å². The van der Waals surface area contributed by atoms with Crippen LogP contribution in [0.15, 0.2) is 24.4 Å². The normalized spacial score (nSPS) is 30.1. The van der Waals surface area contributed by atoms with Crippen LogP contribution < -0.4 is 5.73 Å². The lowest BCUT2D eigenvalue weighted by Crippen LogP contribution is -2.74. The van der Waals surface area contributed by atoms with Crippen LogP contribution in [0, 0.1) is 5.82 Å². The summed E-state index contributed by atoms with van der Waals surface area (Å²) in [6, 6.07) is 4.59. The second kappa shape index (κ2) is 4.16. The highest BCUT2D eigenvalue weighted by molar-refractivity contribution is 6.30. The van der Waals surface area contributed by atoms with Gasteiger partial charge in [0.15, 0.2) is 0 Å². The third-order valence-electron chi connectivity index (χ3n) is 4.28. The van der Waals surface area contributed by atoms with E-state index in [1.165, 1.54) is 12.1 Å². The molecule has 0 amide bonds. The van der Waals surface area contributed by atoms with Crippen molar-refractivity contribution in [2.45, 2.75) is 30.2 Å². The number of nitrogens with two attached hydrogens (primary N) is 1. The van der Waals surface area contributed by atoms with Crippen molar-refractivity contribution in [3.8, 4) is 5.69 Å². The van der Waals surface area contributed by atoms with E-state index in [9.17, 15) is 4.39 Å². The van der Waals surface area contributed by atoms with Gasteiger partial charge >= 0.3 is 0 Å². The molecule has 0 radical (unpaired) electrons. The Morgan fingerprint density at radius 3 is 2.60 bits per heavy atom. The van der Waals surface area contributed by atoms with Gasteiger partial charge in [0.05, 0.1) is 22.6 Å². The molecule has 3 saturated carbocycles. The van der Waals surface area contributed by atoms with Gasteiger partial charge < -0.3 is 5.73 Å². The zero-order chi connectivity index (χ0) is 13.3. The van der Waals surface area contributed by atoms with Crippen molar-refractivity contribution in [1.82, 2.24) is 15.0 Å². The summed E-state index contributed by atoms with van der Waals surface area (Å²) in [5.41, 5.74) is 7.78. The second-order valence-corrected chi connectivity index (χ2v) is 6.23. The lowest BCUT2D eigenvalue weighted by Gasteiger charge is -2.68. The molecular formula is C13H13Cl2FN4. The lowest BCUT2D eigenvalue weighted by atomic mass is 9.39. The minimum absolute atomic E-state index is 0. The molecule has 2 bridgehead atoms. The predicted molar refractivity (Wildman–Crippen MR) is 76.0 cm³/mol. The van der Waals surface area contributed by atoms with Gasteiger partial charge in [-0.3, -0.25) is 0 Å². The summed E-state index contributed by atoms with van der Waals surface area (Å²) in [5, 5.41) is 8.38. The fourth-order valence-corrected chi connectivity index (χ4v) is 3.52. The Labute approximate surface area is 126 Å². The van der Waals surface area contributed by atoms with E-state index in [0.29, 0.717) is 5.69 Å². The summed E-state index contributed by atoms with van der Waals surface area (Å²) < 4.78 is 15.0. The Kier molecular flexibility index (Phi) is 2.87. The molecule has 1 aromatic carbocycles. The fourth-order valence-electron chi connectivity index (χ4n) is 3.40. The highest BCUT2D eigenvalue weighted by Crippen LogP contribution is 2.65. The number of aromatic nitrogens is 3. The molecule has 3 aliphatic carbocycles. The molecule has 20 heavy (non-hydrogen) atoms. The number of hydrogen-bond acceptors (Lipinski definition) is 3. The zero-order valence-corrected chi connectivity index (χ0v) is 12.1. The third-order valence-corrected chi connectivity index (χ3v) is 4.58. The smallest absolute Gasteiger partial charge is 0.143 e. The van der Waals surface area contributed by atoms with E-state index in [2.05, 4.69) is 10.3 Å². The standard InChI is InChI=1S/C13H12ClFN4.ClH/c14-9-2-1-8(3-10(9)15)19-4-11(17-18-19)12-5-13(16,6-12)7-12;/h1-4H,5-7,16H2;1H. The van der Waals surface area contributed by atoms with Crippen LogP contribution in [0.4, 0.5) is 4.39 Å². The van der Waals surface area contributed by atoms with Crippen LogP contribution in [0.5, 0.6) is 0 Å². The van der Waals surface area contributed by atoms with Crippen molar-refractivity contribution < 1.29 is 4.39 Å². The van der Waals surface area contributed by atoms with Gasteiger partial charge in [-0.15, -0.1) is 17.5 Å². The van der Waals surface area contributed by atoms with E-state index in [-0.39, 0.29) is 28.4 Å². The van der Waals surface area contributed by atoms with E-state index in [1.54, 1.807) is 10.7 Å². The Morgan fingerprint density at radius 1 is 1.30 bits per heavy atom. The number of halogens is 3. The first-order valence-corrected chi connectivity index (χ1v) is 6.55. The largest absolute Gasteiger partial charge is 0.325 e. The Hall–Kier alpha value is -1.17. The summed E-state index contributed by atoms with van der Waals surface area (Å²) in [5.74, 6) is -0.456. The zero-order valence-electron chi connectivity index (χ0n) is 10.5. The van der Waals surface area contributed by atoms with E-state index in [0.717, 1.165) is 25.0 Å². The first-order chi connectivity index (χ1) is 9.00. The van der Waals surface area contributed by atoms with Gasteiger partial charge in [-0.2, -0.15) is 0 Å². The van der Waals surface area contributed by atoms with Crippen LogP contribution in [0.1, 0.15) is 25.0 Å². The van der Waals surface area contributed by atoms with Gasteiger partial charge in [-0.05, 0) is 31.4 Å². The first kappa shape index (κ1) is 13.8. The molecule has 1 aromatic heterocycles. The Bertz CT molecular complexity index is 665. The highest BCUT2D eigenvalue weighted by atomic mass is 35.5. The van der Waals surface area contributed by atoms with Gasteiger partial charge in [-0.25, -0.2) is 9.07 Å². The molecule has 0 saturated heterocycles. The van der Waals surface area contributed by atoms with Crippen LogP contribution >= 0.6 is 24.0 Å². The quantitative estimate of drug-likeness (QED) is 0.927. The maximum absolute atomic E-state index is 13.4. The van der Waals surface area contributed by atoms with E-state index < -0.39 is 5.82 Å². The van der Waals surface area contributed by atoms with Crippen molar-refractivity contribution >= 4 is 24.0 Å². The SMILES string of the molecule is Cl.NC12CC(c3cn(-c4ccc(Cl)c(F)c4)nn3)(C1)C2. The molecule has 0 unspecified atom stereocenters. The predicted octanol–water partition coefficient (Wildman–Crippen LogP) is 2.61. The van der Waals surface area contributed by atoms with Crippen LogP contribution in [0.3, 0.4) is 0 Å². The van der Waals surface area contributed by atoms with E-state index in [1.807, 2.05) is 6.20 Å². The summed E-state index contributed by atoms with van der Waals surface area (Å²) in [7, 11) is 0. The molecule has 3 fully saturated rings. The molecule has 4 nitrogen and oxygen atoms in total. The van der Waals surface area contributed by atoms with Gasteiger partial charge in [0, 0.05) is 17.0 Å². The highest BCUT2D eigenvalue weighted by Gasteiger charge is 2.67. The van der Waals surface area contributed by atoms with Gasteiger partial charge in [0.2, 0.25) is 0 Å². The molecule has 0 aliphatic heterocycles. The Morgan fingerprint density at radius 2 is 2.00 bits per heavy atom. The molecule has 2 N–H and O–H groups in total. The van der Waals surface area contributed by atoms with Crippen LogP contribution in [-0.2, 0) is 5.41 Å². The summed E-state index contributed by atoms with van der Waals surface area (Å²) >= 11 is 5.67. The monoisotopic (exact) mass is 314 g/mol. The molecule has 0 atom stereocenters. The molecular weight excluding hydrogens is 302 g/mol. The maximum atomic E-state index is 13.4. The molecule has 5 rings (SSSR count). The summed E-state index contributed by atoms with van der Waals surface area (Å²) in [4.78, 5) is 0. The number of nitrogens with zero attached hydrogens (tertiary/aromatic N) is 3.